The van der Waals surface area contributed by atoms with Gasteiger partial charge in [-0.2, -0.15) is 0 Å². The van der Waals surface area contributed by atoms with E-state index in [0.29, 0.717) is 11.4 Å². The average molecular weight is 348 g/mol. The Kier molecular flexibility index (Phi) is 5.53. The number of pyridine rings is 1. The molecule has 2 aromatic rings. The fraction of sp³-hybridized carbons (Fsp3) is 0.250. The first-order valence-electron chi connectivity index (χ1n) is 7.38. The van der Waals surface area contributed by atoms with Crippen LogP contribution in [0.1, 0.15) is 29.8 Å². The molecular weight excluding hydrogens is 328 g/mol. The Morgan fingerprint density at radius 2 is 1.88 bits per heavy atom. The number of nitrogens with one attached hydrogen (secondary N) is 2. The summed E-state index contributed by atoms with van der Waals surface area (Å²) in [7, 11) is -3.71. The maximum atomic E-state index is 12.2. The highest BCUT2D eigenvalue weighted by Gasteiger charge is 2.09. The molecule has 0 spiro atoms. The highest BCUT2D eigenvalue weighted by Crippen LogP contribution is 2.10. The van der Waals surface area contributed by atoms with Crippen molar-refractivity contribution in [1.29, 1.82) is 0 Å². The summed E-state index contributed by atoms with van der Waals surface area (Å²) >= 11 is 0. The second-order valence-corrected chi connectivity index (χ2v) is 7.16. The highest BCUT2D eigenvalue weighted by atomic mass is 32.2. The number of carbonyl (C=O) groups is 1. The normalized spacial score (nSPS) is 11.3. The number of primary sulfonamides is 1. The lowest BCUT2D eigenvalue weighted by Crippen LogP contribution is -2.23. The molecule has 128 valence electrons. The Labute approximate surface area is 141 Å². The number of benzene rings is 1. The predicted octanol–water partition coefficient (Wildman–Crippen LogP) is 1.48. The van der Waals surface area contributed by atoms with E-state index in [1.165, 1.54) is 12.1 Å². The number of rotatable bonds is 6. The van der Waals surface area contributed by atoms with Gasteiger partial charge in [-0.25, -0.2) is 18.5 Å². The van der Waals surface area contributed by atoms with E-state index in [1.54, 1.807) is 30.5 Å². The Bertz CT molecular complexity index is 817. The van der Waals surface area contributed by atoms with Gasteiger partial charge in [-0.3, -0.25) is 4.79 Å². The summed E-state index contributed by atoms with van der Waals surface area (Å²) in [5.41, 5.74) is 1.26. The second-order valence-electron chi connectivity index (χ2n) is 5.60. The van der Waals surface area contributed by atoms with Crippen LogP contribution in [-0.4, -0.2) is 25.4 Å². The monoisotopic (exact) mass is 348 g/mol. The molecule has 4 N–H and O–H groups in total. The number of anilines is 1. The largest absolute Gasteiger partial charge is 0.368 e. The molecule has 0 aliphatic carbocycles. The van der Waals surface area contributed by atoms with Crippen molar-refractivity contribution < 1.29 is 13.2 Å². The van der Waals surface area contributed by atoms with Crippen LogP contribution in [0.4, 0.5) is 5.82 Å². The van der Waals surface area contributed by atoms with E-state index in [4.69, 9.17) is 5.14 Å². The molecule has 0 aliphatic rings. The number of carbonyl (C=O) groups excluding carboxylic acids is 1. The van der Waals surface area contributed by atoms with Gasteiger partial charge in [0.05, 0.1) is 4.90 Å². The first-order valence-corrected chi connectivity index (χ1v) is 8.93. The van der Waals surface area contributed by atoms with Gasteiger partial charge < -0.3 is 10.6 Å². The zero-order valence-electron chi connectivity index (χ0n) is 13.5. The van der Waals surface area contributed by atoms with Crippen molar-refractivity contribution in [2.24, 2.45) is 5.14 Å². The third-order valence-electron chi connectivity index (χ3n) is 3.16. The number of hydrogen-bond donors (Lipinski definition) is 3. The minimum absolute atomic E-state index is 0.0381. The zero-order chi connectivity index (χ0) is 17.7. The molecule has 7 nitrogen and oxygen atoms in total. The fourth-order valence-corrected chi connectivity index (χ4v) is 2.54. The maximum Gasteiger partial charge on any atom is 0.251 e. The standard InChI is InChI=1S/C16H20N4O3S/c1-11(2)20-15-9-13(7-8-18-15)16(21)19-10-12-3-5-14(6-4-12)24(17,22)23/h3-9,11H,10H2,1-2H3,(H,18,20)(H,19,21)(H2,17,22,23). The molecule has 2 rings (SSSR count). The minimum Gasteiger partial charge on any atom is -0.368 e. The summed E-state index contributed by atoms with van der Waals surface area (Å²) in [5, 5.41) is 11.0. The number of aromatic nitrogens is 1. The second kappa shape index (κ2) is 7.41. The van der Waals surface area contributed by atoms with Crippen LogP contribution in [0.15, 0.2) is 47.5 Å². The maximum absolute atomic E-state index is 12.2. The first-order chi connectivity index (χ1) is 11.3. The van der Waals surface area contributed by atoms with Crippen LogP contribution in [0.25, 0.3) is 0 Å². The quantitative estimate of drug-likeness (QED) is 0.731. The Morgan fingerprint density at radius 3 is 2.46 bits per heavy atom. The summed E-state index contributed by atoms with van der Waals surface area (Å²) in [6.45, 7) is 4.25. The van der Waals surface area contributed by atoms with Gasteiger partial charge in [0.25, 0.3) is 5.91 Å². The molecule has 0 unspecified atom stereocenters. The average Bonchev–Trinajstić information content (AvgIpc) is 2.52. The molecular formula is C16H20N4O3S. The van der Waals surface area contributed by atoms with Crippen LogP contribution < -0.4 is 15.8 Å². The lowest BCUT2D eigenvalue weighted by molar-refractivity contribution is 0.0951. The van der Waals surface area contributed by atoms with E-state index in [1.807, 2.05) is 13.8 Å². The molecule has 1 aromatic heterocycles. The summed E-state index contributed by atoms with van der Waals surface area (Å²) < 4.78 is 22.4. The van der Waals surface area contributed by atoms with Gasteiger partial charge in [-0.05, 0) is 43.7 Å². The van der Waals surface area contributed by atoms with Crippen LogP contribution in [0.5, 0.6) is 0 Å². The van der Waals surface area contributed by atoms with Crippen molar-refractivity contribution in [1.82, 2.24) is 10.3 Å². The van der Waals surface area contributed by atoms with Gasteiger partial charge in [0.1, 0.15) is 5.82 Å². The van der Waals surface area contributed by atoms with E-state index >= 15 is 0 Å². The van der Waals surface area contributed by atoms with Crippen LogP contribution in [0.3, 0.4) is 0 Å². The molecule has 8 heteroatoms. The smallest absolute Gasteiger partial charge is 0.251 e. The van der Waals surface area contributed by atoms with Crippen molar-refractivity contribution in [3.05, 3.63) is 53.7 Å². The Morgan fingerprint density at radius 1 is 1.21 bits per heavy atom. The molecule has 1 aromatic carbocycles. The van der Waals surface area contributed by atoms with Crippen molar-refractivity contribution in [2.45, 2.75) is 31.3 Å². The number of nitrogens with zero attached hydrogens (tertiary/aromatic N) is 1. The van der Waals surface area contributed by atoms with Crippen molar-refractivity contribution >= 4 is 21.7 Å². The molecule has 0 aliphatic heterocycles. The minimum atomic E-state index is -3.71. The molecule has 0 radical (unpaired) electrons. The van der Waals surface area contributed by atoms with Gasteiger partial charge in [0, 0.05) is 24.3 Å². The van der Waals surface area contributed by atoms with Crippen LogP contribution in [-0.2, 0) is 16.6 Å². The summed E-state index contributed by atoms with van der Waals surface area (Å²) in [6.07, 6.45) is 1.57. The third-order valence-corrected chi connectivity index (χ3v) is 4.09. The number of amides is 1. The lowest BCUT2D eigenvalue weighted by Gasteiger charge is -2.10. The fourth-order valence-electron chi connectivity index (χ4n) is 2.03. The molecule has 0 fully saturated rings. The number of sulfonamides is 1. The lowest BCUT2D eigenvalue weighted by atomic mass is 10.2. The molecule has 24 heavy (non-hydrogen) atoms. The van der Waals surface area contributed by atoms with Crippen molar-refractivity contribution in [3.8, 4) is 0 Å². The van der Waals surface area contributed by atoms with E-state index in [9.17, 15) is 13.2 Å². The summed E-state index contributed by atoms with van der Waals surface area (Å²) in [6, 6.07) is 9.57. The predicted molar refractivity (Wildman–Crippen MR) is 92.0 cm³/mol. The first kappa shape index (κ1) is 17.9. The SMILES string of the molecule is CC(C)Nc1cc(C(=O)NCc2ccc(S(N)(=O)=O)cc2)ccn1. The molecule has 0 saturated carbocycles. The highest BCUT2D eigenvalue weighted by molar-refractivity contribution is 7.89. The zero-order valence-corrected chi connectivity index (χ0v) is 14.3. The van der Waals surface area contributed by atoms with E-state index in [0.717, 1.165) is 5.56 Å². The van der Waals surface area contributed by atoms with Crippen LogP contribution in [0.2, 0.25) is 0 Å². The molecule has 0 bridgehead atoms. The molecule has 0 saturated heterocycles. The topological polar surface area (TPSA) is 114 Å². The van der Waals surface area contributed by atoms with Gasteiger partial charge in [-0.15, -0.1) is 0 Å². The molecule has 1 amide bonds. The molecule has 0 atom stereocenters. The van der Waals surface area contributed by atoms with Gasteiger partial charge in [-0.1, -0.05) is 12.1 Å². The van der Waals surface area contributed by atoms with Crippen molar-refractivity contribution in [2.75, 3.05) is 5.32 Å². The van der Waals surface area contributed by atoms with Crippen LogP contribution >= 0.6 is 0 Å². The van der Waals surface area contributed by atoms with Crippen molar-refractivity contribution in [3.63, 3.8) is 0 Å². The van der Waals surface area contributed by atoms with E-state index in [-0.39, 0.29) is 23.4 Å². The van der Waals surface area contributed by atoms with Gasteiger partial charge in [0.2, 0.25) is 10.0 Å². The van der Waals surface area contributed by atoms with Gasteiger partial charge in [0.15, 0.2) is 0 Å². The Balaban J connectivity index is 2.00. The third kappa shape index (κ3) is 5.04. The summed E-state index contributed by atoms with van der Waals surface area (Å²) in [4.78, 5) is 16.4. The van der Waals surface area contributed by atoms with Gasteiger partial charge >= 0.3 is 0 Å². The van der Waals surface area contributed by atoms with Crippen LogP contribution in [0, 0.1) is 0 Å². The molecule has 1 heterocycles. The number of hydrogen-bond acceptors (Lipinski definition) is 5. The number of nitrogens with two attached hydrogens (primary N) is 1. The Hall–Kier alpha value is -2.45. The van der Waals surface area contributed by atoms with E-state index in [2.05, 4.69) is 15.6 Å². The summed E-state index contributed by atoms with van der Waals surface area (Å²) in [5.74, 6) is 0.398. The van der Waals surface area contributed by atoms with E-state index < -0.39 is 10.0 Å².